The Morgan fingerprint density at radius 2 is 1.72 bits per heavy atom. The summed E-state index contributed by atoms with van der Waals surface area (Å²) in [6.45, 7) is 0.847. The normalized spacial score (nSPS) is 13.1. The molecule has 1 saturated carbocycles. The number of hydrogen-bond donors (Lipinski definition) is 1. The van der Waals surface area contributed by atoms with Crippen LogP contribution in [0.2, 0.25) is 0 Å². The molecule has 0 atom stereocenters. The Balaban J connectivity index is 1.50. The molecule has 1 amide bonds. The summed E-state index contributed by atoms with van der Waals surface area (Å²) in [7, 11) is 0. The zero-order valence-electron chi connectivity index (χ0n) is 16.1. The van der Waals surface area contributed by atoms with Crippen LogP contribution in [-0.4, -0.2) is 34.8 Å². The van der Waals surface area contributed by atoms with Crippen LogP contribution in [0.1, 0.15) is 28.8 Å². The third-order valence-electron chi connectivity index (χ3n) is 4.81. The molecule has 2 aromatic carbocycles. The predicted molar refractivity (Wildman–Crippen MR) is 109 cm³/mol. The number of rotatable bonds is 8. The van der Waals surface area contributed by atoms with Crippen molar-refractivity contribution < 1.29 is 14.3 Å². The number of esters is 1. The Morgan fingerprint density at radius 3 is 2.41 bits per heavy atom. The lowest BCUT2D eigenvalue weighted by atomic mass is 10.1. The quantitative estimate of drug-likeness (QED) is 0.600. The summed E-state index contributed by atoms with van der Waals surface area (Å²) in [5, 5.41) is 7.29. The fourth-order valence-electron chi connectivity index (χ4n) is 3.04. The first kappa shape index (κ1) is 18.9. The molecule has 0 bridgehead atoms. The van der Waals surface area contributed by atoms with Gasteiger partial charge in [-0.3, -0.25) is 14.3 Å². The molecule has 0 aliphatic heterocycles. The molecule has 29 heavy (non-hydrogen) atoms. The molecule has 0 radical (unpaired) electrons. The Hall–Kier alpha value is -3.41. The number of nitrogens with zero attached hydrogens (tertiary/aromatic N) is 2. The number of amides is 1. The molecule has 4 rings (SSSR count). The molecule has 6 heteroatoms. The summed E-state index contributed by atoms with van der Waals surface area (Å²) in [6.07, 6.45) is 3.95. The zero-order chi connectivity index (χ0) is 20.1. The highest BCUT2D eigenvalue weighted by molar-refractivity contribution is 6.00. The minimum Gasteiger partial charge on any atom is -0.464 e. The first-order valence-electron chi connectivity index (χ1n) is 9.79. The zero-order valence-corrected chi connectivity index (χ0v) is 16.1. The summed E-state index contributed by atoms with van der Waals surface area (Å²) in [4.78, 5) is 24.6. The van der Waals surface area contributed by atoms with E-state index in [1.54, 1.807) is 10.9 Å². The fraction of sp³-hybridized carbons (Fsp3) is 0.261. The van der Waals surface area contributed by atoms with Crippen LogP contribution < -0.4 is 5.32 Å². The number of carbonyl (C=O) groups is 2. The second-order valence-electron chi connectivity index (χ2n) is 7.25. The maximum atomic E-state index is 12.8. The van der Waals surface area contributed by atoms with Crippen LogP contribution in [-0.2, 0) is 16.1 Å². The van der Waals surface area contributed by atoms with Gasteiger partial charge in [0.2, 0.25) is 0 Å². The minimum atomic E-state index is -0.414. The smallest absolute Gasteiger partial charge is 0.325 e. The molecule has 1 aliphatic rings. The minimum absolute atomic E-state index is 0.149. The van der Waals surface area contributed by atoms with Gasteiger partial charge in [0.1, 0.15) is 12.2 Å². The van der Waals surface area contributed by atoms with E-state index in [1.165, 1.54) is 0 Å². The van der Waals surface area contributed by atoms with E-state index in [0.29, 0.717) is 30.3 Å². The molecule has 0 saturated heterocycles. The lowest BCUT2D eigenvalue weighted by Crippen LogP contribution is -2.31. The predicted octanol–water partition coefficient (Wildman–Crippen LogP) is 3.28. The van der Waals surface area contributed by atoms with Crippen molar-refractivity contribution in [3.05, 3.63) is 78.0 Å². The lowest BCUT2D eigenvalue weighted by molar-refractivity contribution is -0.142. The highest BCUT2D eigenvalue weighted by atomic mass is 16.5. The molecule has 1 heterocycles. The summed E-state index contributed by atoms with van der Waals surface area (Å²) in [5.74, 6) is -0.259. The van der Waals surface area contributed by atoms with Crippen molar-refractivity contribution in [1.82, 2.24) is 15.1 Å². The maximum absolute atomic E-state index is 12.8. The van der Waals surface area contributed by atoms with Crippen molar-refractivity contribution in [1.29, 1.82) is 0 Å². The van der Waals surface area contributed by atoms with Crippen LogP contribution >= 0.6 is 0 Å². The highest BCUT2D eigenvalue weighted by Crippen LogP contribution is 2.28. The average Bonchev–Trinajstić information content (AvgIpc) is 3.50. The van der Waals surface area contributed by atoms with Crippen LogP contribution in [0.3, 0.4) is 0 Å². The molecule has 3 aromatic rings. The van der Waals surface area contributed by atoms with Crippen LogP contribution in [0, 0.1) is 5.92 Å². The summed E-state index contributed by atoms with van der Waals surface area (Å²) in [6, 6.07) is 19.5. The van der Waals surface area contributed by atoms with Crippen molar-refractivity contribution in [2.75, 3.05) is 13.2 Å². The lowest BCUT2D eigenvalue weighted by Gasteiger charge is -2.06. The van der Waals surface area contributed by atoms with Gasteiger partial charge in [-0.15, -0.1) is 0 Å². The molecule has 6 nitrogen and oxygen atoms in total. The highest BCUT2D eigenvalue weighted by Gasteiger charge is 2.23. The van der Waals surface area contributed by atoms with Crippen LogP contribution in [0.15, 0.2) is 66.9 Å². The van der Waals surface area contributed by atoms with Gasteiger partial charge in [0.05, 0.1) is 18.7 Å². The molecule has 1 aromatic heterocycles. The molecular weight excluding hydrogens is 366 g/mol. The third kappa shape index (κ3) is 5.10. The molecule has 1 N–H and O–H groups in total. The van der Waals surface area contributed by atoms with E-state index in [-0.39, 0.29) is 12.5 Å². The Bertz CT molecular complexity index is 979. The first-order valence-corrected chi connectivity index (χ1v) is 9.79. The first-order chi connectivity index (χ1) is 14.2. The van der Waals surface area contributed by atoms with Gasteiger partial charge in [-0.1, -0.05) is 60.7 Å². The largest absolute Gasteiger partial charge is 0.464 e. The van der Waals surface area contributed by atoms with Gasteiger partial charge < -0.3 is 10.1 Å². The summed E-state index contributed by atoms with van der Waals surface area (Å²) < 4.78 is 6.92. The molecule has 0 spiro atoms. The van der Waals surface area contributed by atoms with Crippen molar-refractivity contribution in [3.63, 3.8) is 0 Å². The van der Waals surface area contributed by atoms with Crippen LogP contribution in [0.4, 0.5) is 0 Å². The van der Waals surface area contributed by atoms with Crippen LogP contribution in [0.25, 0.3) is 11.3 Å². The van der Waals surface area contributed by atoms with E-state index < -0.39 is 5.97 Å². The summed E-state index contributed by atoms with van der Waals surface area (Å²) in [5.41, 5.74) is 2.96. The van der Waals surface area contributed by atoms with Crippen molar-refractivity contribution >= 4 is 11.9 Å². The van der Waals surface area contributed by atoms with Gasteiger partial charge in [0, 0.05) is 11.8 Å². The van der Waals surface area contributed by atoms with Crippen molar-refractivity contribution in [3.8, 4) is 11.3 Å². The standard InChI is InChI=1S/C23H23N3O3/c27-21(29-16-18-11-12-18)13-24-23(28)20-15-26(14-17-7-3-1-4-8-17)25-22(20)19-9-5-2-6-10-19/h1-10,15,18H,11-14,16H2,(H,24,28). The molecule has 148 valence electrons. The fourth-order valence-corrected chi connectivity index (χ4v) is 3.04. The topological polar surface area (TPSA) is 73.2 Å². The second-order valence-corrected chi connectivity index (χ2v) is 7.25. The maximum Gasteiger partial charge on any atom is 0.325 e. The van der Waals surface area contributed by atoms with Gasteiger partial charge in [0.15, 0.2) is 0 Å². The number of ether oxygens (including phenoxy) is 1. The van der Waals surface area contributed by atoms with E-state index in [1.807, 2.05) is 60.7 Å². The number of nitrogens with one attached hydrogen (secondary N) is 1. The van der Waals surface area contributed by atoms with Crippen molar-refractivity contribution in [2.45, 2.75) is 19.4 Å². The van der Waals surface area contributed by atoms with Crippen molar-refractivity contribution in [2.24, 2.45) is 5.92 Å². The molecule has 1 fully saturated rings. The van der Waals surface area contributed by atoms with Gasteiger partial charge in [0.25, 0.3) is 5.91 Å². The molecule has 1 aliphatic carbocycles. The van der Waals surface area contributed by atoms with E-state index in [4.69, 9.17) is 4.74 Å². The second kappa shape index (κ2) is 8.73. The number of aromatic nitrogens is 2. The van der Waals surface area contributed by atoms with Crippen LogP contribution in [0.5, 0.6) is 0 Å². The van der Waals surface area contributed by atoms with E-state index in [9.17, 15) is 9.59 Å². The van der Waals surface area contributed by atoms with E-state index in [2.05, 4.69) is 10.4 Å². The number of hydrogen-bond acceptors (Lipinski definition) is 4. The average molecular weight is 389 g/mol. The Kier molecular flexibility index (Phi) is 5.70. The third-order valence-corrected chi connectivity index (χ3v) is 4.81. The number of benzene rings is 2. The van der Waals surface area contributed by atoms with Gasteiger partial charge >= 0.3 is 5.97 Å². The molecule has 0 unspecified atom stereocenters. The van der Waals surface area contributed by atoms with E-state index >= 15 is 0 Å². The Labute approximate surface area is 169 Å². The van der Waals surface area contributed by atoms with Gasteiger partial charge in [-0.05, 0) is 24.3 Å². The van der Waals surface area contributed by atoms with E-state index in [0.717, 1.165) is 24.0 Å². The Morgan fingerprint density at radius 1 is 1.03 bits per heavy atom. The van der Waals surface area contributed by atoms with Gasteiger partial charge in [-0.2, -0.15) is 5.10 Å². The van der Waals surface area contributed by atoms with Gasteiger partial charge in [-0.25, -0.2) is 0 Å². The summed E-state index contributed by atoms with van der Waals surface area (Å²) >= 11 is 0. The molecular formula is C23H23N3O3. The monoisotopic (exact) mass is 389 g/mol. The SMILES string of the molecule is O=C(CNC(=O)c1cn(Cc2ccccc2)nc1-c1ccccc1)OCC1CC1. The number of carbonyl (C=O) groups excluding carboxylic acids is 2.